The number of anilines is 1. The van der Waals surface area contributed by atoms with Crippen LogP contribution in [0.4, 0.5) is 19.0 Å². The summed E-state index contributed by atoms with van der Waals surface area (Å²) in [5, 5.41) is 8.01. The Morgan fingerprint density at radius 3 is 2.57 bits per heavy atom. The van der Waals surface area contributed by atoms with Gasteiger partial charge in [0, 0.05) is 74.9 Å². The van der Waals surface area contributed by atoms with Crippen LogP contribution in [-0.4, -0.2) is 50.6 Å². The van der Waals surface area contributed by atoms with E-state index < -0.39 is 17.7 Å². The van der Waals surface area contributed by atoms with Gasteiger partial charge in [-0.15, -0.1) is 10.2 Å². The molecule has 0 bridgehead atoms. The fourth-order valence-electron chi connectivity index (χ4n) is 7.99. The fraction of sp³-hybridized carbons (Fsp3) is 0.429. The zero-order chi connectivity index (χ0) is 31.5. The van der Waals surface area contributed by atoms with Crippen LogP contribution in [0.5, 0.6) is 11.6 Å². The van der Waals surface area contributed by atoms with Gasteiger partial charge in [-0.25, -0.2) is 13.2 Å². The zero-order valence-corrected chi connectivity index (χ0v) is 26.1. The predicted molar refractivity (Wildman–Crippen MR) is 168 cm³/mol. The number of nitrogens with zero attached hydrogens (tertiary/aromatic N) is 6. The third-order valence-electron chi connectivity index (χ3n) is 10.2. The summed E-state index contributed by atoms with van der Waals surface area (Å²) in [6, 6.07) is 16.8. The molecular formula is C35H34ClF3N6O. The first-order valence-electron chi connectivity index (χ1n) is 15.9. The highest BCUT2D eigenvalue weighted by Gasteiger charge is 2.53. The minimum atomic E-state index is -2.74. The van der Waals surface area contributed by atoms with Gasteiger partial charge in [-0.2, -0.15) is 4.98 Å². The van der Waals surface area contributed by atoms with Crippen molar-refractivity contribution < 1.29 is 17.9 Å². The average Bonchev–Trinajstić information content (AvgIpc) is 2.99. The number of halogens is 4. The molecule has 1 spiro atoms. The molecule has 4 heterocycles. The molecule has 7 nitrogen and oxygen atoms in total. The van der Waals surface area contributed by atoms with E-state index in [0.29, 0.717) is 17.3 Å². The van der Waals surface area contributed by atoms with Gasteiger partial charge in [0.25, 0.3) is 5.88 Å². The molecule has 4 aromatic rings. The van der Waals surface area contributed by atoms with E-state index in [1.54, 1.807) is 0 Å². The van der Waals surface area contributed by atoms with E-state index in [-0.39, 0.29) is 35.2 Å². The Labute approximate surface area is 270 Å². The quantitative estimate of drug-likeness (QED) is 0.198. The van der Waals surface area contributed by atoms with E-state index in [2.05, 4.69) is 61.4 Å². The second-order valence-electron chi connectivity index (χ2n) is 13.6. The van der Waals surface area contributed by atoms with Gasteiger partial charge < -0.3 is 9.64 Å². The van der Waals surface area contributed by atoms with E-state index in [9.17, 15) is 13.2 Å². The molecule has 0 radical (unpaired) electrons. The van der Waals surface area contributed by atoms with Gasteiger partial charge in [0.15, 0.2) is 5.82 Å². The summed E-state index contributed by atoms with van der Waals surface area (Å²) in [7, 11) is 0. The SMILES string of the molecule is Fc1ccc(Oc2nnc(Cl)nc2N2CC3(CC(Cc4ccnc5c4CN(Cc4ccccc4)CC5)C3)C2)c(C2CC(F)(F)C2)c1. The molecular weight excluding hydrogens is 613 g/mol. The maximum Gasteiger partial charge on any atom is 0.282 e. The molecule has 0 N–H and O–H groups in total. The third-order valence-corrected chi connectivity index (χ3v) is 10.3. The molecule has 4 aliphatic rings. The molecule has 1 saturated heterocycles. The standard InChI is InChI=1S/C35H34ClF3N6O/c36-33-41-31(32(42-43-33)46-30-7-6-26(37)13-27(30)25-16-35(38,39)17-25)45-20-34(21-45)14-23(15-34)12-24-8-10-40-29-9-11-44(19-28(24)29)18-22-4-2-1-3-5-22/h1-8,10,13,23,25H,9,11-12,14-21H2. The number of hydrogen-bond acceptors (Lipinski definition) is 7. The number of rotatable bonds is 8. The summed E-state index contributed by atoms with van der Waals surface area (Å²) >= 11 is 6.15. The molecule has 2 aromatic heterocycles. The molecule has 2 aromatic carbocycles. The number of alkyl halides is 2. The van der Waals surface area contributed by atoms with E-state index in [1.807, 2.05) is 6.20 Å². The molecule has 238 valence electrons. The predicted octanol–water partition coefficient (Wildman–Crippen LogP) is 7.38. The number of benzene rings is 2. The second kappa shape index (κ2) is 11.5. The van der Waals surface area contributed by atoms with Gasteiger partial charge >= 0.3 is 0 Å². The molecule has 0 amide bonds. The van der Waals surface area contributed by atoms with Gasteiger partial charge in [0.1, 0.15) is 11.6 Å². The molecule has 0 unspecified atom stereocenters. The van der Waals surface area contributed by atoms with Crippen molar-refractivity contribution in [2.24, 2.45) is 11.3 Å². The van der Waals surface area contributed by atoms with Crippen LogP contribution in [0, 0.1) is 17.2 Å². The Morgan fingerprint density at radius 1 is 0.978 bits per heavy atom. The lowest BCUT2D eigenvalue weighted by Crippen LogP contribution is -2.63. The van der Waals surface area contributed by atoms with Gasteiger partial charge in [0.2, 0.25) is 11.2 Å². The summed E-state index contributed by atoms with van der Waals surface area (Å²) in [4.78, 5) is 13.8. The van der Waals surface area contributed by atoms with E-state index in [0.717, 1.165) is 58.4 Å². The highest BCUT2D eigenvalue weighted by molar-refractivity contribution is 6.28. The molecule has 2 saturated carbocycles. The summed E-state index contributed by atoms with van der Waals surface area (Å²) < 4.78 is 47.4. The number of hydrogen-bond donors (Lipinski definition) is 0. The van der Waals surface area contributed by atoms with E-state index in [1.165, 1.54) is 40.6 Å². The Bertz CT molecular complexity index is 1750. The summed E-state index contributed by atoms with van der Waals surface area (Å²) in [6.45, 7) is 4.48. The Hall–Kier alpha value is -3.76. The molecule has 2 aliphatic heterocycles. The van der Waals surface area contributed by atoms with Crippen LogP contribution in [0.15, 0.2) is 60.8 Å². The normalized spacial score (nSPS) is 20.5. The maximum absolute atomic E-state index is 14.1. The third kappa shape index (κ3) is 5.81. The van der Waals surface area contributed by atoms with Crippen LogP contribution in [-0.2, 0) is 25.9 Å². The Kier molecular flexibility index (Phi) is 7.40. The first-order valence-corrected chi connectivity index (χ1v) is 16.3. The lowest BCUT2D eigenvalue weighted by molar-refractivity contribution is -0.0870. The highest BCUT2D eigenvalue weighted by atomic mass is 35.5. The topological polar surface area (TPSA) is 67.3 Å². The second-order valence-corrected chi connectivity index (χ2v) is 14.0. The molecule has 11 heteroatoms. The average molecular weight is 647 g/mol. The van der Waals surface area contributed by atoms with Crippen molar-refractivity contribution in [3.63, 3.8) is 0 Å². The molecule has 2 aliphatic carbocycles. The molecule has 0 atom stereocenters. The lowest BCUT2D eigenvalue weighted by atomic mass is 9.56. The first kappa shape index (κ1) is 29.6. The number of ether oxygens (including phenoxy) is 1. The van der Waals surface area contributed by atoms with Crippen LogP contribution in [0.3, 0.4) is 0 Å². The molecule has 46 heavy (non-hydrogen) atoms. The van der Waals surface area contributed by atoms with Crippen molar-refractivity contribution in [2.45, 2.75) is 63.5 Å². The van der Waals surface area contributed by atoms with E-state index >= 15 is 0 Å². The lowest BCUT2D eigenvalue weighted by Gasteiger charge is -2.59. The number of fused-ring (bicyclic) bond motifs is 1. The van der Waals surface area contributed by atoms with Gasteiger partial charge in [-0.1, -0.05) is 30.3 Å². The first-order chi connectivity index (χ1) is 22.2. The Balaban J connectivity index is 0.915. The van der Waals surface area contributed by atoms with E-state index in [4.69, 9.17) is 21.3 Å². The van der Waals surface area contributed by atoms with Crippen LogP contribution in [0.1, 0.15) is 59.5 Å². The monoisotopic (exact) mass is 646 g/mol. The maximum atomic E-state index is 14.1. The summed E-state index contributed by atoms with van der Waals surface area (Å²) in [6.07, 6.45) is 5.56. The fourth-order valence-corrected chi connectivity index (χ4v) is 8.11. The summed E-state index contributed by atoms with van der Waals surface area (Å²) in [5.74, 6) is -2.25. The molecule has 3 fully saturated rings. The minimum absolute atomic E-state index is 0.00322. The van der Waals surface area contributed by atoms with Gasteiger partial charge in [-0.05, 0) is 83.7 Å². The van der Waals surface area contributed by atoms with Crippen molar-refractivity contribution in [3.05, 3.63) is 99.8 Å². The van der Waals surface area contributed by atoms with Crippen molar-refractivity contribution in [1.29, 1.82) is 0 Å². The highest BCUT2D eigenvalue weighted by Crippen LogP contribution is 2.55. The minimum Gasteiger partial charge on any atom is -0.435 e. The van der Waals surface area contributed by atoms with Gasteiger partial charge in [-0.3, -0.25) is 9.88 Å². The smallest absolute Gasteiger partial charge is 0.282 e. The zero-order valence-electron chi connectivity index (χ0n) is 25.3. The van der Waals surface area contributed by atoms with Gasteiger partial charge in [0.05, 0.1) is 0 Å². The van der Waals surface area contributed by atoms with Crippen LogP contribution in [0.25, 0.3) is 0 Å². The van der Waals surface area contributed by atoms with Crippen LogP contribution in [0.2, 0.25) is 5.28 Å². The largest absolute Gasteiger partial charge is 0.435 e. The summed E-state index contributed by atoms with van der Waals surface area (Å²) in [5.41, 5.74) is 5.99. The molecule has 8 rings (SSSR count). The number of aromatic nitrogens is 4. The number of pyridine rings is 1. The van der Waals surface area contributed by atoms with Crippen molar-refractivity contribution >= 4 is 17.4 Å². The van der Waals surface area contributed by atoms with Crippen molar-refractivity contribution in [3.8, 4) is 11.6 Å². The van der Waals surface area contributed by atoms with Crippen LogP contribution >= 0.6 is 11.6 Å². The van der Waals surface area contributed by atoms with Crippen molar-refractivity contribution in [1.82, 2.24) is 25.1 Å². The van der Waals surface area contributed by atoms with Crippen LogP contribution < -0.4 is 9.64 Å². The Morgan fingerprint density at radius 2 is 1.78 bits per heavy atom. The van der Waals surface area contributed by atoms with Crippen molar-refractivity contribution in [2.75, 3.05) is 24.5 Å².